The van der Waals surface area contributed by atoms with Crippen molar-refractivity contribution in [2.45, 2.75) is 25.4 Å². The lowest BCUT2D eigenvalue weighted by Gasteiger charge is -2.31. The number of fused-ring (bicyclic) bond motifs is 1. The lowest BCUT2D eigenvalue weighted by molar-refractivity contribution is 0.0868. The number of ether oxygens (including phenoxy) is 1. The number of likely N-dealkylation sites (tertiary alicyclic amines) is 1. The largest absolute Gasteiger partial charge is 0.445 e. The molecule has 4 rings (SSSR count). The first-order valence-electron chi connectivity index (χ1n) is 8.87. The maximum atomic E-state index is 12.3. The Hall–Kier alpha value is -2.61. The molecule has 0 aliphatic carbocycles. The summed E-state index contributed by atoms with van der Waals surface area (Å²) < 4.78 is 7.86. The van der Waals surface area contributed by atoms with Crippen LogP contribution in [-0.2, 0) is 11.3 Å². The van der Waals surface area contributed by atoms with Crippen molar-refractivity contribution in [2.24, 2.45) is 0 Å². The van der Waals surface area contributed by atoms with Crippen LogP contribution in [0.15, 0.2) is 47.1 Å². The average Bonchev–Trinajstić information content (AvgIpc) is 3.08. The van der Waals surface area contributed by atoms with E-state index >= 15 is 0 Å². The van der Waals surface area contributed by atoms with Gasteiger partial charge in [-0.15, -0.1) is 0 Å². The third kappa shape index (κ3) is 3.75. The Kier molecular flexibility index (Phi) is 4.98. The van der Waals surface area contributed by atoms with E-state index in [9.17, 15) is 4.79 Å². The molecule has 3 aromatic rings. The number of piperidine rings is 1. The molecular weight excluding hydrogens is 410 g/mol. The summed E-state index contributed by atoms with van der Waals surface area (Å²) in [7, 11) is 0. The molecule has 1 aliphatic rings. The predicted molar refractivity (Wildman–Crippen MR) is 105 cm³/mol. The normalized spacial score (nSPS) is 15.2. The van der Waals surface area contributed by atoms with E-state index in [2.05, 4.69) is 21.0 Å². The number of nitrogen functional groups attached to an aromatic ring is 1. The minimum atomic E-state index is -0.265. The van der Waals surface area contributed by atoms with Gasteiger partial charge in [0.25, 0.3) is 0 Å². The van der Waals surface area contributed by atoms with Gasteiger partial charge in [0, 0.05) is 30.8 Å². The van der Waals surface area contributed by atoms with Crippen molar-refractivity contribution in [3.05, 3.63) is 58.3 Å². The van der Waals surface area contributed by atoms with Gasteiger partial charge in [-0.1, -0.05) is 30.3 Å². The third-order valence-electron chi connectivity index (χ3n) is 4.85. The minimum Gasteiger partial charge on any atom is -0.445 e. The van der Waals surface area contributed by atoms with Crippen molar-refractivity contribution in [1.82, 2.24) is 19.5 Å². The number of amides is 1. The van der Waals surface area contributed by atoms with Crippen LogP contribution in [0.2, 0.25) is 0 Å². The SMILES string of the molecule is Nc1cc(C2CCN(C(=O)OCc3ccccc3)CC2)nc2c(Br)cnn12. The molecule has 1 saturated heterocycles. The van der Waals surface area contributed by atoms with E-state index < -0.39 is 0 Å². The Morgan fingerprint density at radius 3 is 2.74 bits per heavy atom. The molecule has 0 saturated carbocycles. The molecule has 3 heterocycles. The zero-order valence-electron chi connectivity index (χ0n) is 14.7. The number of nitrogens with zero attached hydrogens (tertiary/aromatic N) is 4. The first-order chi connectivity index (χ1) is 13.1. The van der Waals surface area contributed by atoms with Crippen LogP contribution in [0.1, 0.15) is 30.0 Å². The molecule has 1 aromatic carbocycles. The predicted octanol–water partition coefficient (Wildman–Crippen LogP) is 3.59. The van der Waals surface area contributed by atoms with Gasteiger partial charge in [-0.3, -0.25) is 0 Å². The number of nitrogens with two attached hydrogens (primary N) is 1. The molecule has 2 aromatic heterocycles. The van der Waals surface area contributed by atoms with Gasteiger partial charge < -0.3 is 15.4 Å². The topological polar surface area (TPSA) is 85.8 Å². The second kappa shape index (κ2) is 7.56. The lowest BCUT2D eigenvalue weighted by Crippen LogP contribution is -2.38. The van der Waals surface area contributed by atoms with Crippen LogP contribution in [-0.4, -0.2) is 38.7 Å². The third-order valence-corrected chi connectivity index (χ3v) is 5.41. The fourth-order valence-electron chi connectivity index (χ4n) is 3.36. The van der Waals surface area contributed by atoms with E-state index in [1.54, 1.807) is 15.6 Å². The second-order valence-electron chi connectivity index (χ2n) is 6.64. The molecule has 0 spiro atoms. The Morgan fingerprint density at radius 2 is 2.00 bits per heavy atom. The van der Waals surface area contributed by atoms with Gasteiger partial charge in [-0.05, 0) is 34.3 Å². The van der Waals surface area contributed by atoms with Gasteiger partial charge in [0.2, 0.25) is 0 Å². The van der Waals surface area contributed by atoms with Crippen LogP contribution < -0.4 is 5.73 Å². The summed E-state index contributed by atoms with van der Waals surface area (Å²) in [4.78, 5) is 18.8. The van der Waals surface area contributed by atoms with E-state index in [0.29, 0.717) is 25.5 Å². The standard InChI is InChI=1S/C19H20BrN5O2/c20-15-11-22-25-17(21)10-16(23-18(15)25)14-6-8-24(9-7-14)19(26)27-12-13-4-2-1-3-5-13/h1-5,10-11,14H,6-9,12,21H2. The first-order valence-corrected chi connectivity index (χ1v) is 9.66. The molecule has 27 heavy (non-hydrogen) atoms. The maximum Gasteiger partial charge on any atom is 0.410 e. The van der Waals surface area contributed by atoms with E-state index in [-0.39, 0.29) is 12.0 Å². The molecule has 1 amide bonds. The fourth-order valence-corrected chi connectivity index (χ4v) is 3.70. The summed E-state index contributed by atoms with van der Waals surface area (Å²) in [5, 5.41) is 4.20. The summed E-state index contributed by atoms with van der Waals surface area (Å²) in [6.45, 7) is 1.58. The van der Waals surface area contributed by atoms with Gasteiger partial charge in [0.15, 0.2) is 5.65 Å². The lowest BCUT2D eigenvalue weighted by atomic mass is 9.93. The summed E-state index contributed by atoms with van der Waals surface area (Å²) in [5.74, 6) is 0.822. The highest BCUT2D eigenvalue weighted by atomic mass is 79.9. The fraction of sp³-hybridized carbons (Fsp3) is 0.316. The Labute approximate surface area is 165 Å². The zero-order valence-corrected chi connectivity index (χ0v) is 16.3. The molecular formula is C19H20BrN5O2. The molecule has 2 N–H and O–H groups in total. The van der Waals surface area contributed by atoms with Crippen LogP contribution >= 0.6 is 15.9 Å². The van der Waals surface area contributed by atoms with E-state index in [1.807, 2.05) is 36.4 Å². The smallest absolute Gasteiger partial charge is 0.410 e. The van der Waals surface area contributed by atoms with Gasteiger partial charge in [-0.2, -0.15) is 9.61 Å². The molecule has 140 valence electrons. The monoisotopic (exact) mass is 429 g/mol. The van der Waals surface area contributed by atoms with Crippen LogP contribution in [0.4, 0.5) is 10.6 Å². The molecule has 0 atom stereocenters. The van der Waals surface area contributed by atoms with Crippen LogP contribution in [0.3, 0.4) is 0 Å². The van der Waals surface area contributed by atoms with Crippen molar-refractivity contribution in [3.63, 3.8) is 0 Å². The molecule has 0 bridgehead atoms. The summed E-state index contributed by atoms with van der Waals surface area (Å²) in [6, 6.07) is 11.6. The van der Waals surface area contributed by atoms with E-state index in [0.717, 1.165) is 34.2 Å². The Morgan fingerprint density at radius 1 is 1.26 bits per heavy atom. The Balaban J connectivity index is 1.37. The second-order valence-corrected chi connectivity index (χ2v) is 7.49. The number of carbonyl (C=O) groups excluding carboxylic acids is 1. The number of hydrogen-bond donors (Lipinski definition) is 1. The zero-order chi connectivity index (χ0) is 18.8. The molecule has 8 heteroatoms. The highest BCUT2D eigenvalue weighted by Gasteiger charge is 2.26. The number of carbonyl (C=O) groups is 1. The van der Waals surface area contributed by atoms with Crippen LogP contribution in [0, 0.1) is 0 Å². The molecule has 0 radical (unpaired) electrons. The highest BCUT2D eigenvalue weighted by molar-refractivity contribution is 9.10. The van der Waals surface area contributed by atoms with E-state index in [1.165, 1.54) is 0 Å². The minimum absolute atomic E-state index is 0.261. The average molecular weight is 430 g/mol. The van der Waals surface area contributed by atoms with Gasteiger partial charge in [0.1, 0.15) is 12.4 Å². The summed E-state index contributed by atoms with van der Waals surface area (Å²) in [5.41, 5.74) is 8.75. The summed E-state index contributed by atoms with van der Waals surface area (Å²) in [6.07, 6.45) is 3.08. The van der Waals surface area contributed by atoms with Crippen molar-refractivity contribution in [3.8, 4) is 0 Å². The van der Waals surface area contributed by atoms with E-state index in [4.69, 9.17) is 15.5 Å². The highest BCUT2D eigenvalue weighted by Crippen LogP contribution is 2.30. The number of halogens is 1. The maximum absolute atomic E-state index is 12.3. The Bertz CT molecular complexity index is 951. The molecule has 7 nitrogen and oxygen atoms in total. The van der Waals surface area contributed by atoms with Gasteiger partial charge in [-0.25, -0.2) is 9.78 Å². The quantitative estimate of drug-likeness (QED) is 0.687. The van der Waals surface area contributed by atoms with Crippen molar-refractivity contribution in [2.75, 3.05) is 18.8 Å². The molecule has 0 unspecified atom stereocenters. The number of aromatic nitrogens is 3. The number of rotatable bonds is 3. The van der Waals surface area contributed by atoms with Crippen molar-refractivity contribution in [1.29, 1.82) is 0 Å². The number of hydrogen-bond acceptors (Lipinski definition) is 5. The molecule has 1 fully saturated rings. The van der Waals surface area contributed by atoms with Crippen LogP contribution in [0.25, 0.3) is 5.65 Å². The van der Waals surface area contributed by atoms with Crippen molar-refractivity contribution < 1.29 is 9.53 Å². The van der Waals surface area contributed by atoms with Gasteiger partial charge >= 0.3 is 6.09 Å². The number of benzene rings is 1. The van der Waals surface area contributed by atoms with Crippen LogP contribution in [0.5, 0.6) is 0 Å². The number of anilines is 1. The summed E-state index contributed by atoms with van der Waals surface area (Å²) >= 11 is 3.45. The van der Waals surface area contributed by atoms with Gasteiger partial charge in [0.05, 0.1) is 10.7 Å². The molecule has 1 aliphatic heterocycles. The van der Waals surface area contributed by atoms with Crippen molar-refractivity contribution >= 4 is 33.5 Å². The first kappa shape index (κ1) is 17.8.